The zero-order valence-corrected chi connectivity index (χ0v) is 12.3. The van der Waals surface area contributed by atoms with Gasteiger partial charge in [0.2, 0.25) is 0 Å². The first kappa shape index (κ1) is 14.8. The fourth-order valence-electron chi connectivity index (χ4n) is 2.79. The summed E-state index contributed by atoms with van der Waals surface area (Å²) in [7, 11) is 1.55. The van der Waals surface area contributed by atoms with Gasteiger partial charge in [0, 0.05) is 25.9 Å². The molecule has 0 aromatic rings. The average molecular weight is 272 g/mol. The molecule has 3 atom stereocenters. The first-order chi connectivity index (χ1) is 8.69. The average Bonchev–Trinajstić information content (AvgIpc) is 2.52. The van der Waals surface area contributed by atoms with Gasteiger partial charge in [-0.25, -0.2) is 0 Å². The van der Waals surface area contributed by atoms with E-state index in [9.17, 15) is 9.90 Å². The molecule has 1 heterocycles. The van der Waals surface area contributed by atoms with Crippen molar-refractivity contribution < 1.29 is 24.1 Å². The number of hydrogen-bond donors (Lipinski definition) is 1. The van der Waals surface area contributed by atoms with Crippen LogP contribution in [-0.4, -0.2) is 42.3 Å². The molecule has 5 nitrogen and oxygen atoms in total. The number of methoxy groups -OCH3 is 1. The molecular weight excluding hydrogens is 248 g/mol. The third-order valence-corrected chi connectivity index (χ3v) is 4.19. The van der Waals surface area contributed by atoms with Crippen LogP contribution in [0.15, 0.2) is 0 Å². The highest BCUT2D eigenvalue weighted by Crippen LogP contribution is 2.50. The normalized spacial score (nSPS) is 42.2. The number of esters is 1. The summed E-state index contributed by atoms with van der Waals surface area (Å²) < 4.78 is 16.8. The Hall–Kier alpha value is -0.650. The minimum atomic E-state index is -0.549. The number of ether oxygens (including phenoxy) is 3. The lowest BCUT2D eigenvalue weighted by Gasteiger charge is -2.44. The number of aliphatic hydroxyl groups excluding tert-OH is 1. The molecule has 1 aliphatic heterocycles. The highest BCUT2D eigenvalue weighted by atomic mass is 16.7. The van der Waals surface area contributed by atoms with Gasteiger partial charge in [-0.05, 0) is 20.8 Å². The van der Waals surface area contributed by atoms with Crippen molar-refractivity contribution in [1.82, 2.24) is 0 Å². The van der Waals surface area contributed by atoms with E-state index in [0.29, 0.717) is 12.8 Å². The molecule has 2 aliphatic rings. The Bertz CT molecular complexity index is 353. The van der Waals surface area contributed by atoms with Crippen molar-refractivity contribution >= 4 is 5.97 Å². The molecule has 0 bridgehead atoms. The van der Waals surface area contributed by atoms with Crippen molar-refractivity contribution in [2.45, 2.75) is 64.6 Å². The monoisotopic (exact) mass is 272 g/mol. The minimum Gasteiger partial charge on any atom is -0.456 e. The summed E-state index contributed by atoms with van der Waals surface area (Å²) in [5.74, 6) is -0.237. The van der Waals surface area contributed by atoms with E-state index in [2.05, 4.69) is 0 Å². The predicted molar refractivity (Wildman–Crippen MR) is 68.4 cm³/mol. The summed E-state index contributed by atoms with van der Waals surface area (Å²) in [5, 5.41) is 9.52. The van der Waals surface area contributed by atoms with Crippen LogP contribution < -0.4 is 0 Å². The van der Waals surface area contributed by atoms with E-state index >= 15 is 0 Å². The Labute approximate surface area is 114 Å². The molecule has 0 aromatic carbocycles. The van der Waals surface area contributed by atoms with Crippen molar-refractivity contribution in [3.63, 3.8) is 0 Å². The molecule has 5 heteroatoms. The third-order valence-electron chi connectivity index (χ3n) is 4.19. The summed E-state index contributed by atoms with van der Waals surface area (Å²) >= 11 is 0. The van der Waals surface area contributed by atoms with Crippen molar-refractivity contribution in [1.29, 1.82) is 0 Å². The predicted octanol–water partition coefficient (Wildman–Crippen LogP) is 1.48. The van der Waals surface area contributed by atoms with Crippen LogP contribution >= 0.6 is 0 Å². The maximum atomic E-state index is 12.0. The fraction of sp³-hybridized carbons (Fsp3) is 0.929. The summed E-state index contributed by atoms with van der Waals surface area (Å²) in [6, 6.07) is 0. The van der Waals surface area contributed by atoms with Crippen LogP contribution in [0.1, 0.15) is 40.5 Å². The maximum absolute atomic E-state index is 12.0. The lowest BCUT2D eigenvalue weighted by molar-refractivity contribution is -0.222. The van der Waals surface area contributed by atoms with Crippen LogP contribution in [0.2, 0.25) is 0 Å². The number of aliphatic hydroxyl groups is 1. The molecule has 0 aromatic heterocycles. The molecule has 1 saturated heterocycles. The quantitative estimate of drug-likeness (QED) is 0.771. The molecule has 1 saturated carbocycles. The smallest absolute Gasteiger partial charge is 0.311 e. The second-order valence-corrected chi connectivity index (χ2v) is 6.76. The molecule has 2 fully saturated rings. The second kappa shape index (κ2) is 4.72. The minimum absolute atomic E-state index is 0.0205. The van der Waals surface area contributed by atoms with Crippen LogP contribution in [0.4, 0.5) is 0 Å². The lowest BCUT2D eigenvalue weighted by atomic mass is 9.69. The van der Waals surface area contributed by atoms with Crippen LogP contribution in [0.25, 0.3) is 0 Å². The van der Waals surface area contributed by atoms with E-state index < -0.39 is 23.4 Å². The molecule has 1 aliphatic carbocycles. The molecule has 0 amide bonds. The van der Waals surface area contributed by atoms with Gasteiger partial charge in [0.15, 0.2) is 12.4 Å². The molecule has 1 spiro atoms. The molecule has 0 radical (unpaired) electrons. The van der Waals surface area contributed by atoms with Crippen LogP contribution in [0.5, 0.6) is 0 Å². The van der Waals surface area contributed by atoms with Crippen LogP contribution in [0.3, 0.4) is 0 Å². The first-order valence-electron chi connectivity index (χ1n) is 6.79. The van der Waals surface area contributed by atoms with Gasteiger partial charge in [-0.1, -0.05) is 6.92 Å². The Morgan fingerprint density at radius 2 is 1.95 bits per heavy atom. The Morgan fingerprint density at radius 3 is 2.37 bits per heavy atom. The lowest BCUT2D eigenvalue weighted by Crippen LogP contribution is -2.52. The molecule has 1 N–H and O–H groups in total. The molecule has 2 rings (SSSR count). The van der Waals surface area contributed by atoms with E-state index in [1.807, 2.05) is 27.7 Å². The summed E-state index contributed by atoms with van der Waals surface area (Å²) in [5.41, 5.74) is -0.949. The molecular formula is C14H24O5. The summed E-state index contributed by atoms with van der Waals surface area (Å²) in [6.45, 7) is 7.45. The van der Waals surface area contributed by atoms with E-state index in [-0.39, 0.29) is 18.0 Å². The van der Waals surface area contributed by atoms with Crippen molar-refractivity contribution in [3.05, 3.63) is 0 Å². The maximum Gasteiger partial charge on any atom is 0.311 e. The number of rotatable bonds is 2. The standard InChI is InChI=1S/C14H24O5/c1-8-10(18-12(16)13(2,3)4)11(17-5)19-14(8)6-9(15)7-14/h8-11,15H,6-7H2,1-5H3/t8-,9?,10?,11?,14?/m0/s1. The third kappa shape index (κ3) is 2.51. The second-order valence-electron chi connectivity index (χ2n) is 6.76. The largest absolute Gasteiger partial charge is 0.456 e. The van der Waals surface area contributed by atoms with E-state index in [1.165, 1.54) is 0 Å². The SMILES string of the molecule is COC1OC2(CC(O)C2)[C@@H](C)C1OC(=O)C(C)(C)C. The van der Waals surface area contributed by atoms with E-state index in [0.717, 1.165) is 0 Å². The first-order valence-corrected chi connectivity index (χ1v) is 6.79. The molecule has 19 heavy (non-hydrogen) atoms. The Morgan fingerprint density at radius 1 is 1.37 bits per heavy atom. The van der Waals surface area contributed by atoms with Crippen LogP contribution in [-0.2, 0) is 19.0 Å². The number of carbonyl (C=O) groups is 1. The van der Waals surface area contributed by atoms with Gasteiger partial charge in [-0.2, -0.15) is 0 Å². The van der Waals surface area contributed by atoms with E-state index in [1.54, 1.807) is 7.11 Å². The van der Waals surface area contributed by atoms with Gasteiger partial charge < -0.3 is 19.3 Å². The van der Waals surface area contributed by atoms with Crippen molar-refractivity contribution in [3.8, 4) is 0 Å². The van der Waals surface area contributed by atoms with Crippen molar-refractivity contribution in [2.75, 3.05) is 7.11 Å². The zero-order valence-electron chi connectivity index (χ0n) is 12.3. The van der Waals surface area contributed by atoms with Gasteiger partial charge in [0.05, 0.1) is 17.1 Å². The van der Waals surface area contributed by atoms with Crippen LogP contribution in [0, 0.1) is 11.3 Å². The fourth-order valence-corrected chi connectivity index (χ4v) is 2.79. The Kier molecular flexibility index (Phi) is 3.66. The van der Waals surface area contributed by atoms with E-state index in [4.69, 9.17) is 14.2 Å². The van der Waals surface area contributed by atoms with Gasteiger partial charge >= 0.3 is 5.97 Å². The van der Waals surface area contributed by atoms with Crippen molar-refractivity contribution in [2.24, 2.45) is 11.3 Å². The number of hydrogen-bond acceptors (Lipinski definition) is 5. The topological polar surface area (TPSA) is 65.0 Å². The number of carbonyl (C=O) groups excluding carboxylic acids is 1. The highest BCUT2D eigenvalue weighted by molar-refractivity contribution is 5.75. The summed E-state index contributed by atoms with van der Waals surface area (Å²) in [4.78, 5) is 12.0. The van der Waals surface area contributed by atoms with Gasteiger partial charge in [-0.15, -0.1) is 0 Å². The van der Waals surface area contributed by atoms with Gasteiger partial charge in [-0.3, -0.25) is 4.79 Å². The molecule has 2 unspecified atom stereocenters. The summed E-state index contributed by atoms with van der Waals surface area (Å²) in [6.07, 6.45) is -0.120. The Balaban J connectivity index is 2.09. The van der Waals surface area contributed by atoms with Gasteiger partial charge in [0.25, 0.3) is 0 Å². The van der Waals surface area contributed by atoms with Gasteiger partial charge in [0.1, 0.15) is 0 Å². The molecule has 110 valence electrons. The highest BCUT2D eigenvalue weighted by Gasteiger charge is 2.60. The zero-order chi connectivity index (χ0) is 14.4.